The summed E-state index contributed by atoms with van der Waals surface area (Å²) >= 11 is 0. The van der Waals surface area contributed by atoms with Gasteiger partial charge in [0, 0.05) is 0 Å². The van der Waals surface area contributed by atoms with Crippen LogP contribution < -0.4 is 4.74 Å². The standard InChI is InChI=1S/C11H15NO2/c1-9-5-4-6-10(7-9)14-11(13)8-12(2)3/h4-7H,8H2,1-3H3. The van der Waals surface area contributed by atoms with Crippen molar-refractivity contribution >= 4 is 5.97 Å². The molecule has 0 aliphatic rings. The molecule has 1 rings (SSSR count). The number of aryl methyl sites for hydroxylation is 1. The number of hydrogen-bond acceptors (Lipinski definition) is 3. The topological polar surface area (TPSA) is 29.5 Å². The van der Waals surface area contributed by atoms with Crippen LogP contribution >= 0.6 is 0 Å². The van der Waals surface area contributed by atoms with E-state index in [9.17, 15) is 4.79 Å². The summed E-state index contributed by atoms with van der Waals surface area (Å²) in [5.41, 5.74) is 1.08. The van der Waals surface area contributed by atoms with Crippen molar-refractivity contribution in [3.8, 4) is 5.75 Å². The van der Waals surface area contributed by atoms with E-state index >= 15 is 0 Å². The van der Waals surface area contributed by atoms with Crippen molar-refractivity contribution in [1.29, 1.82) is 0 Å². The van der Waals surface area contributed by atoms with Gasteiger partial charge in [-0.15, -0.1) is 0 Å². The zero-order valence-electron chi connectivity index (χ0n) is 8.78. The number of rotatable bonds is 3. The second kappa shape index (κ2) is 4.77. The van der Waals surface area contributed by atoms with Crippen LogP contribution in [0.15, 0.2) is 24.3 Å². The summed E-state index contributed by atoms with van der Waals surface area (Å²) in [4.78, 5) is 13.0. The highest BCUT2D eigenvalue weighted by Crippen LogP contribution is 2.12. The van der Waals surface area contributed by atoms with Crippen LogP contribution in [0.1, 0.15) is 5.56 Å². The molecule has 0 amide bonds. The maximum atomic E-state index is 11.3. The number of likely N-dealkylation sites (N-methyl/N-ethyl adjacent to an activating group) is 1. The molecule has 0 bridgehead atoms. The summed E-state index contributed by atoms with van der Waals surface area (Å²) in [6.07, 6.45) is 0. The van der Waals surface area contributed by atoms with E-state index in [2.05, 4.69) is 0 Å². The minimum atomic E-state index is -0.236. The molecule has 3 nitrogen and oxygen atoms in total. The fourth-order valence-electron chi connectivity index (χ4n) is 1.10. The summed E-state index contributed by atoms with van der Waals surface area (Å²) in [5, 5.41) is 0. The molecule has 0 aromatic heterocycles. The van der Waals surface area contributed by atoms with Gasteiger partial charge in [0.25, 0.3) is 0 Å². The van der Waals surface area contributed by atoms with Gasteiger partial charge in [-0.05, 0) is 38.7 Å². The fraction of sp³-hybridized carbons (Fsp3) is 0.364. The molecule has 14 heavy (non-hydrogen) atoms. The molecule has 0 unspecified atom stereocenters. The van der Waals surface area contributed by atoms with Crippen molar-refractivity contribution in [1.82, 2.24) is 4.90 Å². The number of ether oxygens (including phenoxy) is 1. The molecule has 0 N–H and O–H groups in total. The van der Waals surface area contributed by atoms with Crippen molar-refractivity contribution < 1.29 is 9.53 Å². The van der Waals surface area contributed by atoms with E-state index in [1.807, 2.05) is 39.2 Å². The minimum absolute atomic E-state index is 0.236. The van der Waals surface area contributed by atoms with Crippen molar-refractivity contribution in [2.75, 3.05) is 20.6 Å². The number of hydrogen-bond donors (Lipinski definition) is 0. The van der Waals surface area contributed by atoms with Gasteiger partial charge < -0.3 is 4.74 Å². The molecule has 0 spiro atoms. The molecule has 0 radical (unpaired) electrons. The third-order valence-electron chi connectivity index (χ3n) is 1.67. The van der Waals surface area contributed by atoms with Crippen LogP contribution in [0.5, 0.6) is 5.75 Å². The molecule has 1 aromatic rings. The average Bonchev–Trinajstić information content (AvgIpc) is 2.01. The van der Waals surface area contributed by atoms with Crippen molar-refractivity contribution in [3.63, 3.8) is 0 Å². The van der Waals surface area contributed by atoms with Crippen LogP contribution in [0, 0.1) is 6.92 Å². The molecular formula is C11H15NO2. The van der Waals surface area contributed by atoms with E-state index in [1.54, 1.807) is 11.0 Å². The zero-order chi connectivity index (χ0) is 10.6. The molecule has 76 valence electrons. The minimum Gasteiger partial charge on any atom is -0.426 e. The normalized spacial score (nSPS) is 10.3. The Hall–Kier alpha value is -1.35. The predicted molar refractivity (Wildman–Crippen MR) is 55.4 cm³/mol. The molecule has 0 heterocycles. The largest absolute Gasteiger partial charge is 0.426 e. The molecule has 3 heteroatoms. The van der Waals surface area contributed by atoms with Crippen LogP contribution in [0.25, 0.3) is 0 Å². The number of benzene rings is 1. The highest BCUT2D eigenvalue weighted by molar-refractivity contribution is 5.74. The predicted octanol–water partition coefficient (Wildman–Crippen LogP) is 1.46. The van der Waals surface area contributed by atoms with E-state index in [0.717, 1.165) is 5.56 Å². The Balaban J connectivity index is 2.56. The van der Waals surface area contributed by atoms with E-state index in [4.69, 9.17) is 4.74 Å². The van der Waals surface area contributed by atoms with Gasteiger partial charge in [0.2, 0.25) is 0 Å². The van der Waals surface area contributed by atoms with Gasteiger partial charge in [-0.2, -0.15) is 0 Å². The van der Waals surface area contributed by atoms with Gasteiger partial charge >= 0.3 is 5.97 Å². The summed E-state index contributed by atoms with van der Waals surface area (Å²) < 4.78 is 5.13. The second-order valence-corrected chi connectivity index (χ2v) is 3.53. The third kappa shape index (κ3) is 3.58. The average molecular weight is 193 g/mol. The molecule has 0 aliphatic carbocycles. The van der Waals surface area contributed by atoms with Gasteiger partial charge in [-0.3, -0.25) is 9.69 Å². The quantitative estimate of drug-likeness (QED) is 0.537. The van der Waals surface area contributed by atoms with Gasteiger partial charge in [0.15, 0.2) is 0 Å². The molecule has 0 atom stereocenters. The van der Waals surface area contributed by atoms with Gasteiger partial charge in [-0.1, -0.05) is 12.1 Å². The number of carbonyl (C=O) groups is 1. The van der Waals surface area contributed by atoms with Crippen molar-refractivity contribution in [2.24, 2.45) is 0 Å². The number of carbonyl (C=O) groups excluding carboxylic acids is 1. The maximum absolute atomic E-state index is 11.3. The Bertz CT molecular complexity index is 321. The van der Waals surface area contributed by atoms with Crippen molar-refractivity contribution in [2.45, 2.75) is 6.92 Å². The van der Waals surface area contributed by atoms with Crippen molar-refractivity contribution in [3.05, 3.63) is 29.8 Å². The summed E-state index contributed by atoms with van der Waals surface area (Å²) in [6, 6.07) is 7.45. The number of nitrogens with zero attached hydrogens (tertiary/aromatic N) is 1. The highest BCUT2D eigenvalue weighted by Gasteiger charge is 2.05. The second-order valence-electron chi connectivity index (χ2n) is 3.53. The van der Waals surface area contributed by atoms with E-state index in [1.165, 1.54) is 0 Å². The van der Waals surface area contributed by atoms with Gasteiger partial charge in [-0.25, -0.2) is 0 Å². The first-order valence-corrected chi connectivity index (χ1v) is 4.50. The molecule has 1 aromatic carbocycles. The smallest absolute Gasteiger partial charge is 0.325 e. The summed E-state index contributed by atoms with van der Waals surface area (Å²) in [6.45, 7) is 2.26. The van der Waals surface area contributed by atoms with Gasteiger partial charge in [0.05, 0.1) is 6.54 Å². The summed E-state index contributed by atoms with van der Waals surface area (Å²) in [7, 11) is 3.66. The molecule has 0 aliphatic heterocycles. The lowest BCUT2D eigenvalue weighted by molar-refractivity contribution is -0.135. The van der Waals surface area contributed by atoms with Crippen LogP contribution in [0.3, 0.4) is 0 Å². The highest BCUT2D eigenvalue weighted by atomic mass is 16.5. The molecule has 0 saturated carbocycles. The number of esters is 1. The fourth-order valence-corrected chi connectivity index (χ4v) is 1.10. The lowest BCUT2D eigenvalue weighted by Gasteiger charge is -2.09. The Kier molecular flexibility index (Phi) is 3.65. The SMILES string of the molecule is Cc1cccc(OC(=O)CN(C)C)c1. The first kappa shape index (κ1) is 10.7. The Morgan fingerprint density at radius 3 is 2.71 bits per heavy atom. The van der Waals surface area contributed by atoms with Crippen LogP contribution in [-0.4, -0.2) is 31.5 Å². The van der Waals surface area contributed by atoms with Crippen LogP contribution in [0.4, 0.5) is 0 Å². The van der Waals surface area contributed by atoms with Crippen LogP contribution in [-0.2, 0) is 4.79 Å². The summed E-state index contributed by atoms with van der Waals surface area (Å²) in [5.74, 6) is 0.373. The monoisotopic (exact) mass is 193 g/mol. The van der Waals surface area contributed by atoms with Gasteiger partial charge in [0.1, 0.15) is 5.75 Å². The van der Waals surface area contributed by atoms with Crippen LogP contribution in [0.2, 0.25) is 0 Å². The molecular weight excluding hydrogens is 178 g/mol. The first-order valence-electron chi connectivity index (χ1n) is 4.50. The zero-order valence-corrected chi connectivity index (χ0v) is 8.78. The molecule has 0 fully saturated rings. The lowest BCUT2D eigenvalue weighted by atomic mass is 10.2. The third-order valence-corrected chi connectivity index (χ3v) is 1.67. The van der Waals surface area contributed by atoms with E-state index in [-0.39, 0.29) is 5.97 Å². The Morgan fingerprint density at radius 1 is 1.43 bits per heavy atom. The van der Waals surface area contributed by atoms with E-state index in [0.29, 0.717) is 12.3 Å². The maximum Gasteiger partial charge on any atom is 0.325 e. The molecule has 0 saturated heterocycles. The lowest BCUT2D eigenvalue weighted by Crippen LogP contribution is -2.25. The van der Waals surface area contributed by atoms with E-state index < -0.39 is 0 Å². The first-order chi connectivity index (χ1) is 6.58. The Labute approximate surface area is 84.3 Å². The Morgan fingerprint density at radius 2 is 2.14 bits per heavy atom.